The number of aliphatic hydroxyl groups excluding tert-OH is 1. The van der Waals surface area contributed by atoms with E-state index in [0.717, 1.165) is 36.2 Å². The molecule has 0 aliphatic carbocycles. The summed E-state index contributed by atoms with van der Waals surface area (Å²) in [5, 5.41) is 13.3. The van der Waals surface area contributed by atoms with Crippen molar-refractivity contribution in [2.75, 3.05) is 5.32 Å². The summed E-state index contributed by atoms with van der Waals surface area (Å²) >= 11 is 0. The second kappa shape index (κ2) is 11.4. The van der Waals surface area contributed by atoms with Crippen LogP contribution in [0.5, 0.6) is 0 Å². The summed E-state index contributed by atoms with van der Waals surface area (Å²) in [6, 6.07) is 0. The Kier molecular flexibility index (Phi) is 9.53. The molecule has 1 rings (SSSR count). The molecule has 1 unspecified atom stereocenters. The van der Waals surface area contributed by atoms with Gasteiger partial charge in [0.25, 0.3) is 0 Å². The van der Waals surface area contributed by atoms with E-state index in [1.807, 2.05) is 39.0 Å². The number of rotatable bonds is 9. The number of aryl methyl sites for hydroxylation is 1. The molecule has 0 spiro atoms. The minimum atomic E-state index is -0.699. The predicted octanol–water partition coefficient (Wildman–Crippen LogP) is 5.18. The van der Waals surface area contributed by atoms with Crippen LogP contribution in [0.2, 0.25) is 0 Å². The Balaban J connectivity index is 2.82. The van der Waals surface area contributed by atoms with Gasteiger partial charge >= 0.3 is 0 Å². The largest absolute Gasteiger partial charge is 0.373 e. The Hall–Kier alpha value is -2.16. The summed E-state index contributed by atoms with van der Waals surface area (Å²) in [4.78, 5) is 9.13. The van der Waals surface area contributed by atoms with Crippen molar-refractivity contribution < 1.29 is 5.11 Å². The van der Waals surface area contributed by atoms with Crippen LogP contribution in [0.15, 0.2) is 41.8 Å². The van der Waals surface area contributed by atoms with Crippen LogP contribution < -0.4 is 5.32 Å². The molecule has 0 aromatic carbocycles. The maximum absolute atomic E-state index is 10.2. The standard InChI is InChI=1S/C21H31N3O/c1-6-9-10-13-16(4)14-20(25)24-21-17(5)23-19(15-22-21)18(11-7-2)12-8-3/h6,10-11,13,15,20,25H,7-8,12,14H2,1-5H3,(H,22,24)/b16-13+,18-11+. The Morgan fingerprint density at radius 3 is 2.76 bits per heavy atom. The van der Waals surface area contributed by atoms with E-state index < -0.39 is 6.23 Å². The van der Waals surface area contributed by atoms with Crippen molar-refractivity contribution in [1.82, 2.24) is 9.97 Å². The Morgan fingerprint density at radius 1 is 1.40 bits per heavy atom. The van der Waals surface area contributed by atoms with Gasteiger partial charge in [-0.2, -0.15) is 0 Å². The zero-order valence-electron chi connectivity index (χ0n) is 16.1. The van der Waals surface area contributed by atoms with Crippen molar-refractivity contribution in [2.24, 2.45) is 0 Å². The smallest absolute Gasteiger partial charge is 0.149 e. The maximum Gasteiger partial charge on any atom is 0.149 e. The van der Waals surface area contributed by atoms with E-state index in [-0.39, 0.29) is 0 Å². The fraction of sp³-hybridized carbons (Fsp3) is 0.476. The number of nitrogens with one attached hydrogen (secondary N) is 1. The minimum absolute atomic E-state index is 0.515. The van der Waals surface area contributed by atoms with Gasteiger partial charge in [-0.25, -0.2) is 9.97 Å². The lowest BCUT2D eigenvalue weighted by atomic mass is 10.1. The average molecular weight is 341 g/mol. The molecule has 0 radical (unpaired) electrons. The first kappa shape index (κ1) is 20.9. The van der Waals surface area contributed by atoms with Gasteiger partial charge in [0.2, 0.25) is 0 Å². The van der Waals surface area contributed by atoms with Crippen LogP contribution in [0.25, 0.3) is 5.57 Å². The SMILES string of the molecule is CC=C=C/C=C(\C)CC(O)Nc1ncc(/C(=C/CC)CCC)nc1C. The van der Waals surface area contributed by atoms with Gasteiger partial charge in [-0.1, -0.05) is 38.0 Å². The number of aliphatic hydroxyl groups is 1. The molecule has 1 atom stereocenters. The van der Waals surface area contributed by atoms with Crippen molar-refractivity contribution in [3.63, 3.8) is 0 Å². The molecular weight excluding hydrogens is 310 g/mol. The Labute approximate surface area is 152 Å². The van der Waals surface area contributed by atoms with E-state index in [9.17, 15) is 5.11 Å². The molecule has 0 aliphatic rings. The lowest BCUT2D eigenvalue weighted by Gasteiger charge is -2.16. The average Bonchev–Trinajstić information content (AvgIpc) is 2.56. The van der Waals surface area contributed by atoms with E-state index in [1.165, 1.54) is 5.57 Å². The molecule has 0 saturated heterocycles. The van der Waals surface area contributed by atoms with Crippen molar-refractivity contribution >= 4 is 11.4 Å². The van der Waals surface area contributed by atoms with Gasteiger partial charge in [0.05, 0.1) is 17.6 Å². The number of hydrogen-bond donors (Lipinski definition) is 2. The molecular formula is C21H31N3O. The van der Waals surface area contributed by atoms with Gasteiger partial charge in [-0.15, -0.1) is 5.73 Å². The van der Waals surface area contributed by atoms with Crippen LogP contribution in [-0.4, -0.2) is 21.3 Å². The van der Waals surface area contributed by atoms with E-state index >= 15 is 0 Å². The number of hydrogen-bond acceptors (Lipinski definition) is 4. The highest BCUT2D eigenvalue weighted by Crippen LogP contribution is 2.21. The molecule has 0 fully saturated rings. The fourth-order valence-electron chi connectivity index (χ4n) is 2.50. The van der Waals surface area contributed by atoms with Crippen molar-refractivity contribution in [3.05, 3.63) is 53.2 Å². The van der Waals surface area contributed by atoms with Gasteiger partial charge in [0.15, 0.2) is 0 Å². The summed E-state index contributed by atoms with van der Waals surface area (Å²) in [5.41, 5.74) is 7.01. The van der Waals surface area contributed by atoms with Gasteiger partial charge in [-0.05, 0) is 51.3 Å². The van der Waals surface area contributed by atoms with Crippen LogP contribution in [0, 0.1) is 6.92 Å². The van der Waals surface area contributed by atoms with Gasteiger partial charge in [0.1, 0.15) is 12.0 Å². The lowest BCUT2D eigenvalue weighted by molar-refractivity contribution is 0.203. The highest BCUT2D eigenvalue weighted by Gasteiger charge is 2.11. The molecule has 0 saturated carbocycles. The molecule has 4 heteroatoms. The van der Waals surface area contributed by atoms with Gasteiger partial charge in [-0.3, -0.25) is 0 Å². The Bertz CT molecular complexity index is 668. The highest BCUT2D eigenvalue weighted by molar-refractivity contribution is 5.62. The van der Waals surface area contributed by atoms with E-state index in [1.54, 1.807) is 6.20 Å². The van der Waals surface area contributed by atoms with Crippen LogP contribution in [-0.2, 0) is 0 Å². The van der Waals surface area contributed by atoms with Crippen molar-refractivity contribution in [1.29, 1.82) is 0 Å². The topological polar surface area (TPSA) is 58.0 Å². The first-order valence-corrected chi connectivity index (χ1v) is 9.02. The lowest BCUT2D eigenvalue weighted by Crippen LogP contribution is -2.20. The Morgan fingerprint density at radius 2 is 2.16 bits per heavy atom. The summed E-state index contributed by atoms with van der Waals surface area (Å²) in [6.45, 7) is 10.1. The molecule has 0 bridgehead atoms. The van der Waals surface area contributed by atoms with E-state index in [2.05, 4.69) is 40.9 Å². The van der Waals surface area contributed by atoms with E-state index in [4.69, 9.17) is 0 Å². The van der Waals surface area contributed by atoms with Crippen molar-refractivity contribution in [2.45, 2.75) is 66.5 Å². The third-order valence-corrected chi connectivity index (χ3v) is 3.70. The molecule has 0 aliphatic heterocycles. The van der Waals surface area contributed by atoms with E-state index in [0.29, 0.717) is 12.2 Å². The quantitative estimate of drug-likeness (QED) is 0.369. The van der Waals surface area contributed by atoms with Crippen LogP contribution in [0.3, 0.4) is 0 Å². The number of anilines is 1. The third kappa shape index (κ3) is 7.51. The predicted molar refractivity (Wildman–Crippen MR) is 106 cm³/mol. The minimum Gasteiger partial charge on any atom is -0.373 e. The number of aromatic nitrogens is 2. The summed E-state index contributed by atoms with van der Waals surface area (Å²) in [5.74, 6) is 0.625. The highest BCUT2D eigenvalue weighted by atomic mass is 16.3. The molecule has 1 heterocycles. The fourth-order valence-corrected chi connectivity index (χ4v) is 2.50. The second-order valence-corrected chi connectivity index (χ2v) is 6.08. The number of allylic oxidation sites excluding steroid dienone is 4. The molecule has 25 heavy (non-hydrogen) atoms. The summed E-state index contributed by atoms with van der Waals surface area (Å²) in [7, 11) is 0. The van der Waals surface area contributed by atoms with Crippen LogP contribution >= 0.6 is 0 Å². The third-order valence-electron chi connectivity index (χ3n) is 3.70. The summed E-state index contributed by atoms with van der Waals surface area (Å²) < 4.78 is 0. The molecule has 4 nitrogen and oxygen atoms in total. The van der Waals surface area contributed by atoms with Crippen LogP contribution in [0.4, 0.5) is 5.82 Å². The monoisotopic (exact) mass is 341 g/mol. The first-order valence-electron chi connectivity index (χ1n) is 9.02. The molecule has 1 aromatic rings. The number of nitrogens with zero attached hydrogens (tertiary/aromatic N) is 2. The molecule has 1 aromatic heterocycles. The zero-order chi connectivity index (χ0) is 18.7. The zero-order valence-corrected chi connectivity index (χ0v) is 16.1. The molecule has 136 valence electrons. The van der Waals surface area contributed by atoms with Crippen molar-refractivity contribution in [3.8, 4) is 0 Å². The summed E-state index contributed by atoms with van der Waals surface area (Å²) in [6.07, 6.45) is 12.5. The van der Waals surface area contributed by atoms with Crippen LogP contribution in [0.1, 0.15) is 64.8 Å². The molecule has 0 amide bonds. The molecule has 2 N–H and O–H groups in total. The first-order chi connectivity index (χ1) is 12.0. The van der Waals surface area contributed by atoms with Gasteiger partial charge in [0, 0.05) is 6.42 Å². The second-order valence-electron chi connectivity index (χ2n) is 6.08. The maximum atomic E-state index is 10.2. The normalized spacial score (nSPS) is 13.2. The van der Waals surface area contributed by atoms with Gasteiger partial charge < -0.3 is 10.4 Å².